The lowest BCUT2D eigenvalue weighted by Crippen LogP contribution is -2.06. The summed E-state index contributed by atoms with van der Waals surface area (Å²) >= 11 is 0. The highest BCUT2D eigenvalue weighted by Crippen LogP contribution is 2.05. The number of benzene rings is 1. The Balaban J connectivity index is 1.97. The fourth-order valence-electron chi connectivity index (χ4n) is 1.48. The van der Waals surface area contributed by atoms with E-state index in [9.17, 15) is 4.79 Å². The second-order valence-electron chi connectivity index (χ2n) is 3.71. The van der Waals surface area contributed by atoms with Gasteiger partial charge in [0.15, 0.2) is 0 Å². The van der Waals surface area contributed by atoms with Crippen molar-refractivity contribution in [2.45, 2.75) is 13.5 Å². The number of rotatable bonds is 3. The van der Waals surface area contributed by atoms with E-state index in [1.54, 1.807) is 12.1 Å². The van der Waals surface area contributed by atoms with E-state index in [1.807, 2.05) is 43.3 Å². The number of pyridine rings is 1. The standard InChI is InChI=1S/C14H13NO2/c1-11-6-5-9-13(15-11)10-17-14(16)12-7-3-2-4-8-12/h2-9H,10H2,1H3. The Morgan fingerprint density at radius 1 is 1.12 bits per heavy atom. The third-order valence-corrected chi connectivity index (χ3v) is 2.31. The zero-order valence-electron chi connectivity index (χ0n) is 9.59. The van der Waals surface area contributed by atoms with Crippen LogP contribution in [-0.4, -0.2) is 11.0 Å². The average Bonchev–Trinajstić information content (AvgIpc) is 2.37. The maximum absolute atomic E-state index is 11.7. The van der Waals surface area contributed by atoms with Gasteiger partial charge in [-0.3, -0.25) is 4.98 Å². The van der Waals surface area contributed by atoms with Crippen LogP contribution < -0.4 is 0 Å². The third-order valence-electron chi connectivity index (χ3n) is 2.31. The minimum atomic E-state index is -0.325. The van der Waals surface area contributed by atoms with E-state index < -0.39 is 0 Å². The number of hydrogen-bond acceptors (Lipinski definition) is 3. The number of esters is 1. The van der Waals surface area contributed by atoms with Crippen molar-refractivity contribution in [2.75, 3.05) is 0 Å². The molecule has 1 aromatic carbocycles. The van der Waals surface area contributed by atoms with Crippen molar-refractivity contribution in [2.24, 2.45) is 0 Å². The van der Waals surface area contributed by atoms with Crippen LogP contribution >= 0.6 is 0 Å². The van der Waals surface area contributed by atoms with Gasteiger partial charge in [-0.05, 0) is 31.2 Å². The fourth-order valence-corrected chi connectivity index (χ4v) is 1.48. The molecular weight excluding hydrogens is 214 g/mol. The molecule has 2 rings (SSSR count). The summed E-state index contributed by atoms with van der Waals surface area (Å²) in [5, 5.41) is 0. The van der Waals surface area contributed by atoms with Crippen LogP contribution in [0.5, 0.6) is 0 Å². The highest BCUT2D eigenvalue weighted by molar-refractivity contribution is 5.89. The molecule has 0 fully saturated rings. The summed E-state index contributed by atoms with van der Waals surface area (Å²) in [6.45, 7) is 2.11. The van der Waals surface area contributed by atoms with Gasteiger partial charge in [-0.25, -0.2) is 4.79 Å². The first-order valence-corrected chi connectivity index (χ1v) is 5.40. The molecule has 0 aliphatic rings. The van der Waals surface area contributed by atoms with Crippen LogP contribution in [0.4, 0.5) is 0 Å². The van der Waals surface area contributed by atoms with E-state index >= 15 is 0 Å². The monoisotopic (exact) mass is 227 g/mol. The number of nitrogens with zero attached hydrogens (tertiary/aromatic N) is 1. The zero-order valence-corrected chi connectivity index (χ0v) is 9.59. The number of hydrogen-bond donors (Lipinski definition) is 0. The maximum atomic E-state index is 11.7. The lowest BCUT2D eigenvalue weighted by atomic mass is 10.2. The Morgan fingerprint density at radius 3 is 2.59 bits per heavy atom. The van der Waals surface area contributed by atoms with Crippen LogP contribution in [0.3, 0.4) is 0 Å². The van der Waals surface area contributed by atoms with Crippen molar-refractivity contribution in [1.29, 1.82) is 0 Å². The molecule has 3 heteroatoms. The molecule has 0 amide bonds. The second-order valence-corrected chi connectivity index (χ2v) is 3.71. The zero-order chi connectivity index (χ0) is 12.1. The number of aromatic nitrogens is 1. The van der Waals surface area contributed by atoms with Gasteiger partial charge >= 0.3 is 5.97 Å². The first kappa shape index (κ1) is 11.3. The summed E-state index contributed by atoms with van der Waals surface area (Å²) in [6.07, 6.45) is 0. The van der Waals surface area contributed by atoms with Crippen LogP contribution in [0, 0.1) is 6.92 Å². The number of carbonyl (C=O) groups excluding carboxylic acids is 1. The first-order chi connectivity index (χ1) is 8.25. The van der Waals surface area contributed by atoms with Crippen molar-refractivity contribution in [3.8, 4) is 0 Å². The molecule has 3 nitrogen and oxygen atoms in total. The highest BCUT2D eigenvalue weighted by Gasteiger charge is 2.06. The maximum Gasteiger partial charge on any atom is 0.338 e. The minimum Gasteiger partial charge on any atom is -0.456 e. The van der Waals surface area contributed by atoms with E-state index in [0.717, 1.165) is 11.4 Å². The van der Waals surface area contributed by atoms with E-state index in [1.165, 1.54) is 0 Å². The Hall–Kier alpha value is -2.16. The summed E-state index contributed by atoms with van der Waals surface area (Å²) in [4.78, 5) is 15.9. The molecular formula is C14H13NO2. The first-order valence-electron chi connectivity index (χ1n) is 5.40. The molecule has 17 heavy (non-hydrogen) atoms. The van der Waals surface area contributed by atoms with Gasteiger partial charge in [-0.1, -0.05) is 24.3 Å². The Morgan fingerprint density at radius 2 is 1.88 bits per heavy atom. The molecule has 0 aliphatic heterocycles. The van der Waals surface area contributed by atoms with Crippen LogP contribution in [0.15, 0.2) is 48.5 Å². The second kappa shape index (κ2) is 5.25. The highest BCUT2D eigenvalue weighted by atomic mass is 16.5. The van der Waals surface area contributed by atoms with Crippen LogP contribution in [-0.2, 0) is 11.3 Å². The Bertz CT molecular complexity index is 509. The van der Waals surface area contributed by atoms with Crippen molar-refractivity contribution >= 4 is 5.97 Å². The van der Waals surface area contributed by atoms with Crippen molar-refractivity contribution in [3.05, 3.63) is 65.5 Å². The Kier molecular flexibility index (Phi) is 3.50. The molecule has 86 valence electrons. The van der Waals surface area contributed by atoms with Crippen LogP contribution in [0.1, 0.15) is 21.7 Å². The smallest absolute Gasteiger partial charge is 0.338 e. The largest absolute Gasteiger partial charge is 0.456 e. The van der Waals surface area contributed by atoms with Crippen LogP contribution in [0.2, 0.25) is 0 Å². The molecule has 0 radical (unpaired) electrons. The van der Waals surface area contributed by atoms with Gasteiger partial charge in [0.2, 0.25) is 0 Å². The van der Waals surface area contributed by atoms with Gasteiger partial charge in [0.25, 0.3) is 0 Å². The molecule has 0 saturated heterocycles. The van der Waals surface area contributed by atoms with Crippen molar-refractivity contribution in [3.63, 3.8) is 0 Å². The number of aryl methyl sites for hydroxylation is 1. The van der Waals surface area contributed by atoms with Crippen molar-refractivity contribution < 1.29 is 9.53 Å². The predicted octanol–water partition coefficient (Wildman–Crippen LogP) is 2.75. The van der Waals surface area contributed by atoms with Gasteiger partial charge in [0.05, 0.1) is 11.3 Å². The summed E-state index contributed by atoms with van der Waals surface area (Å²) in [5.41, 5.74) is 2.23. The van der Waals surface area contributed by atoms with E-state index in [-0.39, 0.29) is 12.6 Å². The topological polar surface area (TPSA) is 39.2 Å². The molecule has 0 spiro atoms. The minimum absolute atomic E-state index is 0.204. The molecule has 0 saturated carbocycles. The third kappa shape index (κ3) is 3.14. The summed E-state index contributed by atoms with van der Waals surface area (Å²) in [6, 6.07) is 14.6. The normalized spacial score (nSPS) is 9.94. The summed E-state index contributed by atoms with van der Waals surface area (Å²) < 4.78 is 5.17. The van der Waals surface area contributed by atoms with E-state index in [0.29, 0.717) is 5.56 Å². The van der Waals surface area contributed by atoms with E-state index in [4.69, 9.17) is 4.74 Å². The quantitative estimate of drug-likeness (QED) is 0.757. The molecule has 0 bridgehead atoms. The molecule has 0 atom stereocenters. The molecule has 0 aliphatic carbocycles. The summed E-state index contributed by atoms with van der Waals surface area (Å²) in [7, 11) is 0. The predicted molar refractivity (Wildman–Crippen MR) is 64.5 cm³/mol. The van der Waals surface area contributed by atoms with Gasteiger partial charge < -0.3 is 4.74 Å². The summed E-state index contributed by atoms with van der Waals surface area (Å²) in [5.74, 6) is -0.325. The van der Waals surface area contributed by atoms with E-state index in [2.05, 4.69) is 4.98 Å². The number of ether oxygens (including phenoxy) is 1. The van der Waals surface area contributed by atoms with Gasteiger partial charge in [-0.2, -0.15) is 0 Å². The van der Waals surface area contributed by atoms with Crippen molar-refractivity contribution in [1.82, 2.24) is 4.98 Å². The van der Waals surface area contributed by atoms with Gasteiger partial charge in [0, 0.05) is 5.69 Å². The van der Waals surface area contributed by atoms with Gasteiger partial charge in [0.1, 0.15) is 6.61 Å². The Labute approximate surface area is 100 Å². The lowest BCUT2D eigenvalue weighted by molar-refractivity contribution is 0.0467. The average molecular weight is 227 g/mol. The SMILES string of the molecule is Cc1cccc(COC(=O)c2ccccc2)n1. The lowest BCUT2D eigenvalue weighted by Gasteiger charge is -2.04. The molecule has 0 unspecified atom stereocenters. The molecule has 1 heterocycles. The molecule has 2 aromatic rings. The van der Waals surface area contributed by atoms with Crippen LogP contribution in [0.25, 0.3) is 0 Å². The molecule has 0 N–H and O–H groups in total. The number of carbonyl (C=O) groups is 1. The van der Waals surface area contributed by atoms with Gasteiger partial charge in [-0.15, -0.1) is 0 Å². The fraction of sp³-hybridized carbons (Fsp3) is 0.143. The molecule has 1 aromatic heterocycles.